The van der Waals surface area contributed by atoms with Crippen LogP contribution in [0.5, 0.6) is 0 Å². The summed E-state index contributed by atoms with van der Waals surface area (Å²) in [7, 11) is -3.39. The molecule has 2 rings (SSSR count). The maximum atomic E-state index is 10.8. The lowest BCUT2D eigenvalue weighted by molar-refractivity contribution is 0.599. The highest BCUT2D eigenvalue weighted by Gasteiger charge is 2.04. The van der Waals surface area contributed by atoms with E-state index in [4.69, 9.17) is 5.14 Å². The number of para-hydroxylation sites is 1. The monoisotopic (exact) mass is 268 g/mol. The first-order valence-corrected chi connectivity index (χ1v) is 7.74. The molecule has 1 aromatic heterocycles. The Morgan fingerprint density at radius 1 is 1.18 bits per heavy atom. The highest BCUT2D eigenvalue weighted by atomic mass is 32.2. The van der Waals surface area contributed by atoms with Crippen molar-refractivity contribution in [2.24, 2.45) is 5.14 Å². The number of thioether (sulfide) groups is 1. The van der Waals surface area contributed by atoms with E-state index in [0.29, 0.717) is 5.75 Å². The SMILES string of the molecule is NS(=O)(=O)CCSc1ccc2ccccc2n1. The van der Waals surface area contributed by atoms with E-state index < -0.39 is 10.0 Å². The molecule has 0 aliphatic carbocycles. The second kappa shape index (κ2) is 5.03. The van der Waals surface area contributed by atoms with Crippen molar-refractivity contribution in [2.75, 3.05) is 11.5 Å². The molecule has 0 radical (unpaired) electrons. The maximum absolute atomic E-state index is 10.8. The normalized spacial score (nSPS) is 11.8. The van der Waals surface area contributed by atoms with Gasteiger partial charge in [0.2, 0.25) is 10.0 Å². The van der Waals surface area contributed by atoms with Gasteiger partial charge in [0.1, 0.15) is 0 Å². The molecule has 6 heteroatoms. The van der Waals surface area contributed by atoms with Crippen LogP contribution in [0.25, 0.3) is 10.9 Å². The largest absolute Gasteiger partial charge is 0.241 e. The summed E-state index contributed by atoms with van der Waals surface area (Å²) >= 11 is 1.39. The van der Waals surface area contributed by atoms with Crippen LogP contribution >= 0.6 is 11.8 Å². The summed E-state index contributed by atoms with van der Waals surface area (Å²) in [6.45, 7) is 0. The number of primary sulfonamides is 1. The van der Waals surface area contributed by atoms with Crippen LogP contribution < -0.4 is 5.14 Å². The van der Waals surface area contributed by atoms with Crippen molar-refractivity contribution >= 4 is 32.7 Å². The highest BCUT2D eigenvalue weighted by Crippen LogP contribution is 2.19. The standard InChI is InChI=1S/C11H12N2O2S2/c12-17(14,15)8-7-16-11-6-5-9-3-1-2-4-10(9)13-11/h1-6H,7-8H2,(H2,12,14,15). The average Bonchev–Trinajstić information content (AvgIpc) is 2.27. The number of fused-ring (bicyclic) bond motifs is 1. The van der Waals surface area contributed by atoms with Gasteiger partial charge < -0.3 is 0 Å². The summed E-state index contributed by atoms with van der Waals surface area (Å²) < 4.78 is 21.6. The van der Waals surface area contributed by atoms with E-state index in [1.165, 1.54) is 11.8 Å². The molecule has 0 atom stereocenters. The second-order valence-corrected chi connectivity index (χ2v) is 6.41. The first-order chi connectivity index (χ1) is 8.04. The zero-order chi connectivity index (χ0) is 12.3. The Balaban J connectivity index is 2.09. The Bertz CT molecular complexity index is 626. The van der Waals surface area contributed by atoms with Gasteiger partial charge in [-0.05, 0) is 12.1 Å². The van der Waals surface area contributed by atoms with Gasteiger partial charge in [0, 0.05) is 11.1 Å². The number of pyridine rings is 1. The minimum atomic E-state index is -3.39. The summed E-state index contributed by atoms with van der Waals surface area (Å²) in [5.74, 6) is 0.385. The molecule has 0 aliphatic rings. The molecule has 0 saturated carbocycles. The summed E-state index contributed by atoms with van der Waals surface area (Å²) in [6.07, 6.45) is 0. The van der Waals surface area contributed by atoms with E-state index >= 15 is 0 Å². The van der Waals surface area contributed by atoms with Gasteiger partial charge in [-0.2, -0.15) is 0 Å². The van der Waals surface area contributed by atoms with E-state index in [2.05, 4.69) is 4.98 Å². The molecule has 0 saturated heterocycles. The van der Waals surface area contributed by atoms with Crippen LogP contribution in [0.1, 0.15) is 0 Å². The van der Waals surface area contributed by atoms with E-state index in [0.717, 1.165) is 15.9 Å². The molecule has 90 valence electrons. The molecule has 0 bridgehead atoms. The number of hydrogen-bond acceptors (Lipinski definition) is 4. The molecular weight excluding hydrogens is 256 g/mol. The van der Waals surface area contributed by atoms with Crippen molar-refractivity contribution in [2.45, 2.75) is 5.03 Å². The fourth-order valence-electron chi connectivity index (χ4n) is 1.39. The molecule has 0 fully saturated rings. The fourth-order valence-corrected chi connectivity index (χ4v) is 3.19. The van der Waals surface area contributed by atoms with E-state index in [-0.39, 0.29) is 5.75 Å². The number of nitrogens with zero attached hydrogens (tertiary/aromatic N) is 1. The van der Waals surface area contributed by atoms with Crippen LogP contribution in [-0.2, 0) is 10.0 Å². The number of aromatic nitrogens is 1. The summed E-state index contributed by atoms with van der Waals surface area (Å²) in [6, 6.07) is 11.7. The van der Waals surface area contributed by atoms with Crippen molar-refractivity contribution < 1.29 is 8.42 Å². The Morgan fingerprint density at radius 2 is 1.94 bits per heavy atom. The zero-order valence-corrected chi connectivity index (χ0v) is 10.7. The first kappa shape index (κ1) is 12.3. The van der Waals surface area contributed by atoms with E-state index in [9.17, 15) is 8.42 Å². The fraction of sp³-hybridized carbons (Fsp3) is 0.182. The second-order valence-electron chi connectivity index (χ2n) is 3.56. The van der Waals surface area contributed by atoms with Crippen molar-refractivity contribution in [3.63, 3.8) is 0 Å². The number of nitrogens with two attached hydrogens (primary N) is 1. The maximum Gasteiger partial charge on any atom is 0.209 e. The van der Waals surface area contributed by atoms with Gasteiger partial charge in [-0.15, -0.1) is 11.8 Å². The van der Waals surface area contributed by atoms with Gasteiger partial charge in [-0.1, -0.05) is 24.3 Å². The Kier molecular flexibility index (Phi) is 3.66. The third kappa shape index (κ3) is 3.69. The molecule has 17 heavy (non-hydrogen) atoms. The van der Waals surface area contributed by atoms with Crippen LogP contribution in [0.2, 0.25) is 0 Å². The van der Waals surface area contributed by atoms with Gasteiger partial charge in [0.15, 0.2) is 0 Å². The van der Waals surface area contributed by atoms with Crippen molar-refractivity contribution in [3.05, 3.63) is 36.4 Å². The van der Waals surface area contributed by atoms with E-state index in [1.54, 1.807) is 0 Å². The minimum absolute atomic E-state index is 0.0355. The van der Waals surface area contributed by atoms with Crippen molar-refractivity contribution in [3.8, 4) is 0 Å². The van der Waals surface area contributed by atoms with Crippen molar-refractivity contribution in [1.29, 1.82) is 0 Å². The van der Waals surface area contributed by atoms with Gasteiger partial charge in [0.25, 0.3) is 0 Å². The lowest BCUT2D eigenvalue weighted by Gasteiger charge is -2.02. The molecule has 1 aromatic carbocycles. The Morgan fingerprint density at radius 3 is 2.71 bits per heavy atom. The van der Waals surface area contributed by atoms with Crippen molar-refractivity contribution in [1.82, 2.24) is 4.98 Å². The lowest BCUT2D eigenvalue weighted by atomic mass is 10.2. The first-order valence-electron chi connectivity index (χ1n) is 5.04. The van der Waals surface area contributed by atoms with Crippen LogP contribution in [0.4, 0.5) is 0 Å². The van der Waals surface area contributed by atoms with Crippen LogP contribution in [0.3, 0.4) is 0 Å². The number of sulfonamides is 1. The molecule has 4 nitrogen and oxygen atoms in total. The molecule has 1 heterocycles. The molecule has 2 aromatic rings. The Labute approximate surface area is 104 Å². The molecule has 0 aliphatic heterocycles. The van der Waals surface area contributed by atoms with Gasteiger partial charge in [-0.25, -0.2) is 18.5 Å². The zero-order valence-electron chi connectivity index (χ0n) is 9.04. The number of hydrogen-bond donors (Lipinski definition) is 1. The predicted octanol–water partition coefficient (Wildman–Crippen LogP) is 1.62. The third-order valence-electron chi connectivity index (χ3n) is 2.19. The topological polar surface area (TPSA) is 73.1 Å². The van der Waals surface area contributed by atoms with Gasteiger partial charge in [-0.3, -0.25) is 0 Å². The molecule has 0 amide bonds. The molecule has 0 unspecified atom stereocenters. The van der Waals surface area contributed by atoms with Gasteiger partial charge >= 0.3 is 0 Å². The third-order valence-corrected chi connectivity index (χ3v) is 4.15. The quantitative estimate of drug-likeness (QED) is 0.855. The summed E-state index contributed by atoms with van der Waals surface area (Å²) in [4.78, 5) is 4.42. The lowest BCUT2D eigenvalue weighted by Crippen LogP contribution is -2.17. The molecule has 2 N–H and O–H groups in total. The smallest absolute Gasteiger partial charge is 0.209 e. The summed E-state index contributed by atoms with van der Waals surface area (Å²) in [5.41, 5.74) is 0.910. The number of benzene rings is 1. The summed E-state index contributed by atoms with van der Waals surface area (Å²) in [5, 5.41) is 6.81. The highest BCUT2D eigenvalue weighted by molar-refractivity contribution is 8.00. The van der Waals surface area contributed by atoms with Crippen LogP contribution in [0, 0.1) is 0 Å². The van der Waals surface area contributed by atoms with E-state index in [1.807, 2.05) is 36.4 Å². The van der Waals surface area contributed by atoms with Crippen LogP contribution in [-0.4, -0.2) is 24.9 Å². The Hall–Kier alpha value is -1.11. The minimum Gasteiger partial charge on any atom is -0.241 e. The average molecular weight is 268 g/mol. The van der Waals surface area contributed by atoms with Gasteiger partial charge in [0.05, 0.1) is 16.3 Å². The predicted molar refractivity (Wildman–Crippen MR) is 70.4 cm³/mol. The molecule has 0 spiro atoms. The molecular formula is C11H12N2O2S2. The number of rotatable bonds is 4. The van der Waals surface area contributed by atoms with Crippen LogP contribution in [0.15, 0.2) is 41.4 Å².